The Morgan fingerprint density at radius 1 is 1.07 bits per heavy atom. The Morgan fingerprint density at radius 2 is 1.76 bits per heavy atom. The Labute approximate surface area is 173 Å². The number of hydrogen-bond donors (Lipinski definition) is 0. The molecule has 29 heavy (non-hydrogen) atoms. The molecular formula is C22H30N2O4S. The van der Waals surface area contributed by atoms with E-state index in [1.807, 2.05) is 4.90 Å². The van der Waals surface area contributed by atoms with Gasteiger partial charge >= 0.3 is 0 Å². The number of rotatable bonds is 4. The van der Waals surface area contributed by atoms with Crippen LogP contribution in [0.15, 0.2) is 24.3 Å². The average Bonchev–Trinajstić information content (AvgIpc) is 3.57. The molecule has 2 aliphatic heterocycles. The fraction of sp³-hybridized carbons (Fsp3) is 0.682. The quantitative estimate of drug-likeness (QED) is 0.752. The van der Waals surface area contributed by atoms with Gasteiger partial charge in [-0.2, -0.15) is 0 Å². The molecule has 4 aliphatic rings. The highest BCUT2D eigenvalue weighted by molar-refractivity contribution is 7.90. The van der Waals surface area contributed by atoms with Gasteiger partial charge in [0.15, 0.2) is 0 Å². The molecule has 0 radical (unpaired) electrons. The number of carbonyl (C=O) groups is 1. The molecule has 0 bridgehead atoms. The number of carbonyl (C=O) groups excluding carboxylic acids is 1. The number of piperidine rings is 1. The molecule has 1 aromatic carbocycles. The topological polar surface area (TPSA) is 66.9 Å². The Morgan fingerprint density at radius 3 is 2.45 bits per heavy atom. The van der Waals surface area contributed by atoms with Crippen molar-refractivity contribution in [1.82, 2.24) is 9.21 Å². The van der Waals surface area contributed by atoms with Gasteiger partial charge in [0.25, 0.3) is 0 Å². The van der Waals surface area contributed by atoms with Gasteiger partial charge in [-0.15, -0.1) is 0 Å². The summed E-state index contributed by atoms with van der Waals surface area (Å²) >= 11 is 0. The molecule has 1 aromatic rings. The Balaban J connectivity index is 1.32. The van der Waals surface area contributed by atoms with Crippen molar-refractivity contribution >= 4 is 15.9 Å². The van der Waals surface area contributed by atoms with E-state index in [2.05, 4.69) is 24.3 Å². The maximum atomic E-state index is 12.9. The number of nitrogens with zero attached hydrogens (tertiary/aromatic N) is 2. The summed E-state index contributed by atoms with van der Waals surface area (Å²) in [7, 11) is -3.10. The van der Waals surface area contributed by atoms with Crippen LogP contribution in [-0.2, 0) is 25.0 Å². The van der Waals surface area contributed by atoms with Crippen LogP contribution in [0.25, 0.3) is 0 Å². The van der Waals surface area contributed by atoms with E-state index < -0.39 is 10.0 Å². The van der Waals surface area contributed by atoms with E-state index in [1.165, 1.54) is 11.1 Å². The first-order valence-corrected chi connectivity index (χ1v) is 12.4. The third-order valence-corrected chi connectivity index (χ3v) is 9.78. The van der Waals surface area contributed by atoms with Crippen molar-refractivity contribution in [3.8, 4) is 0 Å². The molecule has 1 atom stereocenters. The molecule has 0 aromatic heterocycles. The fourth-order valence-electron chi connectivity index (χ4n) is 5.58. The van der Waals surface area contributed by atoms with Crippen molar-refractivity contribution in [1.29, 1.82) is 0 Å². The van der Waals surface area contributed by atoms with Crippen LogP contribution in [0, 0.1) is 0 Å². The zero-order valence-corrected chi connectivity index (χ0v) is 17.7. The van der Waals surface area contributed by atoms with Gasteiger partial charge in [-0.05, 0) is 54.6 Å². The van der Waals surface area contributed by atoms with Crippen LogP contribution in [0.5, 0.6) is 0 Å². The molecule has 2 heterocycles. The summed E-state index contributed by atoms with van der Waals surface area (Å²) in [5.41, 5.74) is 2.66. The Hall–Kier alpha value is -1.44. The number of morpholine rings is 1. The van der Waals surface area contributed by atoms with Crippen LogP contribution in [0.2, 0.25) is 0 Å². The number of amides is 1. The molecule has 1 unspecified atom stereocenters. The second-order valence-corrected chi connectivity index (χ2v) is 11.3. The first-order valence-electron chi connectivity index (χ1n) is 10.9. The SMILES string of the molecule is O=C(CC1CC2(CCN(S(=O)(=O)C3CC3)CC2)c2ccccc21)N1CCOCC1. The first-order chi connectivity index (χ1) is 14.0. The van der Waals surface area contributed by atoms with E-state index in [4.69, 9.17) is 4.74 Å². The third-order valence-electron chi connectivity index (χ3n) is 7.38. The second kappa shape index (κ2) is 7.36. The smallest absolute Gasteiger partial charge is 0.223 e. The highest BCUT2D eigenvalue weighted by Crippen LogP contribution is 2.53. The van der Waals surface area contributed by atoms with Gasteiger partial charge in [0.05, 0.1) is 18.5 Å². The minimum Gasteiger partial charge on any atom is -0.378 e. The maximum absolute atomic E-state index is 12.9. The van der Waals surface area contributed by atoms with Crippen LogP contribution in [-0.4, -0.2) is 68.2 Å². The minimum atomic E-state index is -3.10. The lowest BCUT2D eigenvalue weighted by molar-refractivity contribution is -0.135. The summed E-state index contributed by atoms with van der Waals surface area (Å²) < 4.78 is 32.4. The van der Waals surface area contributed by atoms with Crippen molar-refractivity contribution in [3.05, 3.63) is 35.4 Å². The van der Waals surface area contributed by atoms with E-state index >= 15 is 0 Å². The standard InChI is InChI=1S/C22H30N2O4S/c25-21(23-11-13-28-14-12-23)15-17-16-22(20-4-2-1-3-19(17)20)7-9-24(10-8-22)29(26,27)18-5-6-18/h1-4,17-18H,5-16H2. The van der Waals surface area contributed by atoms with Crippen LogP contribution < -0.4 is 0 Å². The van der Waals surface area contributed by atoms with Gasteiger partial charge in [-0.1, -0.05) is 24.3 Å². The van der Waals surface area contributed by atoms with E-state index in [-0.39, 0.29) is 22.5 Å². The zero-order chi connectivity index (χ0) is 20.1. The number of ether oxygens (including phenoxy) is 1. The normalized spacial score (nSPS) is 27.2. The molecule has 2 saturated heterocycles. The van der Waals surface area contributed by atoms with Crippen LogP contribution >= 0.6 is 0 Å². The molecule has 158 valence electrons. The van der Waals surface area contributed by atoms with Gasteiger partial charge < -0.3 is 9.64 Å². The summed E-state index contributed by atoms with van der Waals surface area (Å²) in [6.45, 7) is 3.84. The minimum absolute atomic E-state index is 0.0160. The molecule has 7 heteroatoms. The Kier molecular flexibility index (Phi) is 4.95. The molecule has 1 amide bonds. The van der Waals surface area contributed by atoms with Crippen LogP contribution in [0.1, 0.15) is 55.6 Å². The zero-order valence-electron chi connectivity index (χ0n) is 16.9. The molecular weight excluding hydrogens is 388 g/mol. The largest absolute Gasteiger partial charge is 0.378 e. The van der Waals surface area contributed by atoms with Gasteiger partial charge in [-0.3, -0.25) is 4.79 Å². The Bertz CT molecular complexity index is 882. The van der Waals surface area contributed by atoms with Crippen molar-refractivity contribution in [2.24, 2.45) is 0 Å². The molecule has 0 N–H and O–H groups in total. The van der Waals surface area contributed by atoms with E-state index in [1.54, 1.807) is 4.31 Å². The number of hydrogen-bond acceptors (Lipinski definition) is 4. The van der Waals surface area contributed by atoms with Crippen LogP contribution in [0.4, 0.5) is 0 Å². The summed E-state index contributed by atoms with van der Waals surface area (Å²) in [6.07, 6.45) is 4.86. The van der Waals surface area contributed by atoms with Gasteiger partial charge in [0.2, 0.25) is 15.9 Å². The van der Waals surface area contributed by atoms with Crippen molar-refractivity contribution in [2.45, 2.75) is 55.1 Å². The van der Waals surface area contributed by atoms with Gasteiger partial charge in [0.1, 0.15) is 0 Å². The highest BCUT2D eigenvalue weighted by Gasteiger charge is 2.49. The predicted molar refractivity (Wildman–Crippen MR) is 110 cm³/mol. The molecule has 5 rings (SSSR count). The van der Waals surface area contributed by atoms with Crippen molar-refractivity contribution in [3.63, 3.8) is 0 Å². The summed E-state index contributed by atoms with van der Waals surface area (Å²) in [6, 6.07) is 8.53. The predicted octanol–water partition coefficient (Wildman–Crippen LogP) is 2.25. The highest BCUT2D eigenvalue weighted by atomic mass is 32.2. The van der Waals surface area contributed by atoms with Gasteiger partial charge in [-0.25, -0.2) is 12.7 Å². The summed E-state index contributed by atoms with van der Waals surface area (Å²) in [5.74, 6) is 0.451. The van der Waals surface area contributed by atoms with Crippen molar-refractivity contribution in [2.75, 3.05) is 39.4 Å². The third kappa shape index (κ3) is 3.51. The molecule has 3 fully saturated rings. The lowest BCUT2D eigenvalue weighted by Gasteiger charge is -2.40. The van der Waals surface area contributed by atoms with E-state index in [0.717, 1.165) is 32.1 Å². The van der Waals surface area contributed by atoms with E-state index in [9.17, 15) is 13.2 Å². The monoisotopic (exact) mass is 418 g/mol. The average molecular weight is 419 g/mol. The van der Waals surface area contributed by atoms with Gasteiger partial charge in [0, 0.05) is 32.6 Å². The van der Waals surface area contributed by atoms with Crippen LogP contribution in [0.3, 0.4) is 0 Å². The fourth-order valence-corrected chi connectivity index (χ4v) is 7.43. The lowest BCUT2D eigenvalue weighted by atomic mass is 9.73. The van der Waals surface area contributed by atoms with E-state index in [0.29, 0.717) is 45.8 Å². The lowest BCUT2D eigenvalue weighted by Crippen LogP contribution is -2.45. The molecule has 1 spiro atoms. The number of sulfonamides is 1. The van der Waals surface area contributed by atoms with Crippen molar-refractivity contribution < 1.29 is 17.9 Å². The second-order valence-electron chi connectivity index (χ2n) is 9.11. The molecule has 2 aliphatic carbocycles. The number of fused-ring (bicyclic) bond motifs is 2. The summed E-state index contributed by atoms with van der Waals surface area (Å²) in [5, 5.41) is -0.133. The number of benzene rings is 1. The molecule has 1 saturated carbocycles. The first kappa shape index (κ1) is 19.5. The maximum Gasteiger partial charge on any atom is 0.223 e. The summed E-state index contributed by atoms with van der Waals surface area (Å²) in [4.78, 5) is 14.8. The molecule has 6 nitrogen and oxygen atoms in total.